The third-order valence-corrected chi connectivity index (χ3v) is 38.4. The van der Waals surface area contributed by atoms with E-state index >= 15 is 0 Å². The zero-order valence-electron chi connectivity index (χ0n) is 82.7. The zero-order valence-corrected chi connectivity index (χ0v) is 82.7. The minimum absolute atomic E-state index is 0.00345. The lowest BCUT2D eigenvalue weighted by molar-refractivity contribution is -0.213. The Kier molecular flexibility index (Phi) is 31.9. The Hall–Kier alpha value is -3.18. The summed E-state index contributed by atoms with van der Waals surface area (Å²) < 4.78 is 36.8. The van der Waals surface area contributed by atoms with Crippen LogP contribution < -0.4 is 0 Å². The highest BCUT2D eigenvalue weighted by molar-refractivity contribution is 5.79. The van der Waals surface area contributed by atoms with Crippen LogP contribution in [0.2, 0.25) is 0 Å². The van der Waals surface area contributed by atoms with Crippen LogP contribution in [0.1, 0.15) is 475 Å². The second-order valence-corrected chi connectivity index (χ2v) is 49.5. The van der Waals surface area contributed by atoms with Gasteiger partial charge in [-0.1, -0.05) is 120 Å². The Morgan fingerprint density at radius 2 is 0.708 bits per heavy atom. The van der Waals surface area contributed by atoms with Gasteiger partial charge in [-0.05, 0) is 439 Å². The molecule has 690 valence electrons. The van der Waals surface area contributed by atoms with Gasteiger partial charge in [0.1, 0.15) is 33.6 Å². The fourth-order valence-electron chi connectivity index (χ4n) is 28.0. The van der Waals surface area contributed by atoms with Crippen molar-refractivity contribution >= 4 is 35.8 Å². The first-order valence-electron chi connectivity index (χ1n) is 51.4. The van der Waals surface area contributed by atoms with Crippen molar-refractivity contribution < 1.29 is 57.2 Å². The second kappa shape index (κ2) is 38.6. The third-order valence-electron chi connectivity index (χ3n) is 38.4. The largest absolute Gasteiger partial charge is 0.459 e. The molecule has 0 heterocycles. The molecule has 17 aliphatic carbocycles. The maximum Gasteiger partial charge on any atom is 0.312 e. The first kappa shape index (κ1) is 99.0. The van der Waals surface area contributed by atoms with Gasteiger partial charge in [-0.15, -0.1) is 0 Å². The molecule has 0 saturated heterocycles. The Balaban J connectivity index is 0.000000152. The minimum atomic E-state index is -0.365. The number of rotatable bonds is 26. The number of unbranched alkanes of at least 4 members (excludes halogenated alkanes) is 2. The molecular formula is C108H186O12. The monoisotopic (exact) mass is 1680 g/mol. The molecular weight excluding hydrogens is 1490 g/mol. The van der Waals surface area contributed by atoms with Gasteiger partial charge in [-0.2, -0.15) is 0 Å². The van der Waals surface area contributed by atoms with Crippen LogP contribution in [0.15, 0.2) is 0 Å². The standard InChI is InChI=1S/C22H38O2.C21H36O2.C17H28O2.2C17H30O2.C14H24O2/c1-6-8-9-21(5,24-19(23)20(3,4)7-2)22-13-16-10-17(14-22)12-18(11-16)15-22;1-6-8-9-20(5,23-18(22)19(3,4)7-2)21-13-15-10-16(14-21)12-17(21)11-15;1-5-16(2,3)15(18)19-17(4)10-11-9-14(17)13-8-6-7-12(11)13;1-5-16(2,3)15(18)19-17(4)12-8-10-13-9-6-7-11-14(13)17;1-5-16(2,3)15(18)19-17(4)11-10-13-8-6-7-9-14(13)12-17;1-5-13(2,3)12(15)16-14(4)9-10-6-7-11(14)8-10/h16-18H,6-15H2,1-5H3;15-17H,6-14H2,1-5H3;11-14H,5-10H2,1-4H3;2*13-14H,5-12H2,1-4H3;10-11H,5-9H2,1-4H3. The van der Waals surface area contributed by atoms with Crippen LogP contribution in [-0.2, 0) is 57.2 Å². The van der Waals surface area contributed by atoms with Gasteiger partial charge in [0.25, 0.3) is 0 Å². The Morgan fingerprint density at radius 3 is 1.18 bits per heavy atom. The van der Waals surface area contributed by atoms with Crippen molar-refractivity contribution in [2.75, 3.05) is 0 Å². The van der Waals surface area contributed by atoms with Crippen molar-refractivity contribution in [3.63, 3.8) is 0 Å². The molecule has 0 amide bonds. The molecule has 0 aromatic carbocycles. The molecule has 18 atom stereocenters. The van der Waals surface area contributed by atoms with E-state index < -0.39 is 0 Å². The van der Waals surface area contributed by atoms with Crippen molar-refractivity contribution in [1.82, 2.24) is 0 Å². The molecule has 0 aliphatic heterocycles. The summed E-state index contributed by atoms with van der Waals surface area (Å²) in [7, 11) is 0. The summed E-state index contributed by atoms with van der Waals surface area (Å²) in [6.07, 6.45) is 56.3. The number of carbonyl (C=O) groups is 6. The summed E-state index contributed by atoms with van der Waals surface area (Å²) in [6.45, 7) is 54.3. The van der Waals surface area contributed by atoms with Crippen LogP contribution >= 0.6 is 0 Å². The van der Waals surface area contributed by atoms with E-state index in [1.165, 1.54) is 205 Å². The number of hydrogen-bond donors (Lipinski definition) is 0. The molecule has 12 nitrogen and oxygen atoms in total. The highest BCUT2D eigenvalue weighted by Gasteiger charge is 2.68. The Labute approximate surface area is 735 Å². The predicted molar refractivity (Wildman–Crippen MR) is 488 cm³/mol. The maximum atomic E-state index is 12.9. The van der Waals surface area contributed by atoms with Gasteiger partial charge < -0.3 is 28.4 Å². The van der Waals surface area contributed by atoms with Crippen LogP contribution in [-0.4, -0.2) is 69.4 Å². The lowest BCUT2D eigenvalue weighted by atomic mass is 9.45. The second-order valence-electron chi connectivity index (χ2n) is 49.5. The van der Waals surface area contributed by atoms with Gasteiger partial charge >= 0.3 is 35.8 Å². The minimum Gasteiger partial charge on any atom is -0.459 e. The molecule has 12 heteroatoms. The van der Waals surface area contributed by atoms with Crippen LogP contribution in [0.3, 0.4) is 0 Å². The molecule has 0 radical (unpaired) electrons. The molecule has 0 N–H and O–H groups in total. The first-order chi connectivity index (χ1) is 56.0. The number of esters is 6. The quantitative estimate of drug-likeness (QED) is 0.0597. The SMILES string of the molecule is CCC(C)(C)C(=O)OC1(C)CC2CC1C1CCCC21.CCC(C)(C)C(=O)OC1(C)CC2CCC1C2.CCC(C)(C)C(=O)OC1(C)CCC2CCCCC2C1.CCC(C)(C)C(=O)OC1(C)CCCC2CCCCC21.CCCCC(C)(OC(=O)C(C)(C)CC)C12CC3CC(CC(C3)C1)C2.CCCCC(C)(OC(=O)C(C)(C)CC)C12CC3CC(CC1C3)C2. The molecule has 0 spiro atoms. The molecule has 0 aromatic rings. The highest BCUT2D eigenvalue weighted by Crippen LogP contribution is 2.72. The summed E-state index contributed by atoms with van der Waals surface area (Å²) in [5, 5.41) is 0. The molecule has 17 rings (SSSR count). The highest BCUT2D eigenvalue weighted by atomic mass is 16.6. The van der Waals surface area contributed by atoms with Crippen LogP contribution in [0.4, 0.5) is 0 Å². The zero-order chi connectivity index (χ0) is 88.5. The smallest absolute Gasteiger partial charge is 0.312 e. The van der Waals surface area contributed by atoms with E-state index in [0.717, 1.165) is 167 Å². The van der Waals surface area contributed by atoms with Crippen molar-refractivity contribution in [3.8, 4) is 0 Å². The van der Waals surface area contributed by atoms with Gasteiger partial charge in [0.2, 0.25) is 0 Å². The molecule has 17 fully saturated rings. The number of hydrogen-bond acceptors (Lipinski definition) is 12. The van der Waals surface area contributed by atoms with Gasteiger partial charge in [-0.3, -0.25) is 28.8 Å². The Bertz CT molecular complexity index is 3370. The number of ether oxygens (including phenoxy) is 6. The van der Waals surface area contributed by atoms with Gasteiger partial charge in [0, 0.05) is 22.7 Å². The fourth-order valence-corrected chi connectivity index (χ4v) is 28.0. The third kappa shape index (κ3) is 21.5. The van der Waals surface area contributed by atoms with Crippen LogP contribution in [0, 0.1) is 138 Å². The molecule has 0 aromatic heterocycles. The predicted octanol–water partition coefficient (Wildman–Crippen LogP) is 29.0. The summed E-state index contributed by atoms with van der Waals surface area (Å²) >= 11 is 0. The topological polar surface area (TPSA) is 158 Å². The first-order valence-corrected chi connectivity index (χ1v) is 51.4. The van der Waals surface area contributed by atoms with E-state index in [4.69, 9.17) is 28.4 Å². The van der Waals surface area contributed by atoms with E-state index in [-0.39, 0.29) is 113 Å². The normalized spacial score (nSPS) is 38.0. The van der Waals surface area contributed by atoms with Crippen molar-refractivity contribution in [3.05, 3.63) is 0 Å². The van der Waals surface area contributed by atoms with Gasteiger partial charge in [0.15, 0.2) is 0 Å². The van der Waals surface area contributed by atoms with E-state index in [1.54, 1.807) is 0 Å². The summed E-state index contributed by atoms with van der Waals surface area (Å²) in [5.74, 6) is 13.2. The van der Waals surface area contributed by atoms with Gasteiger partial charge in [0.05, 0.1) is 32.5 Å². The lowest BCUT2D eigenvalue weighted by Crippen LogP contribution is -2.59. The van der Waals surface area contributed by atoms with Crippen molar-refractivity contribution in [2.45, 2.75) is 509 Å². The number of carbonyl (C=O) groups excluding carboxylic acids is 6. The molecule has 17 aliphatic rings. The average Bonchev–Trinajstić information content (AvgIpc) is 1.51. The lowest BCUT2D eigenvalue weighted by Gasteiger charge is -2.62. The van der Waals surface area contributed by atoms with Crippen molar-refractivity contribution in [1.29, 1.82) is 0 Å². The molecule has 17 saturated carbocycles. The molecule has 12 bridgehead atoms. The summed E-state index contributed by atoms with van der Waals surface area (Å²) in [5.41, 5.74) is -2.77. The van der Waals surface area contributed by atoms with Crippen LogP contribution in [0.5, 0.6) is 0 Å². The van der Waals surface area contributed by atoms with E-state index in [2.05, 4.69) is 90.0 Å². The number of fused-ring (bicyclic) bond motifs is 9. The maximum absolute atomic E-state index is 12.9. The summed E-state index contributed by atoms with van der Waals surface area (Å²) in [6, 6.07) is 0. The van der Waals surface area contributed by atoms with Crippen LogP contribution in [0.25, 0.3) is 0 Å². The Morgan fingerprint density at radius 1 is 0.300 bits per heavy atom. The average molecular weight is 1680 g/mol. The fraction of sp³-hybridized carbons (Fsp3) is 0.944. The van der Waals surface area contributed by atoms with E-state index in [0.29, 0.717) is 17.8 Å². The van der Waals surface area contributed by atoms with E-state index in [1.807, 2.05) is 90.0 Å². The van der Waals surface area contributed by atoms with E-state index in [9.17, 15) is 28.8 Å². The molecule has 18 unspecified atom stereocenters. The van der Waals surface area contributed by atoms with Crippen molar-refractivity contribution in [2.24, 2.45) is 138 Å². The molecule has 120 heavy (non-hydrogen) atoms. The summed E-state index contributed by atoms with van der Waals surface area (Å²) in [4.78, 5) is 75.1. The van der Waals surface area contributed by atoms with Gasteiger partial charge in [-0.25, -0.2) is 0 Å².